The molecule has 5 nitrogen and oxygen atoms in total. The highest BCUT2D eigenvalue weighted by molar-refractivity contribution is 5.87. The maximum Gasteiger partial charge on any atom is 0.242 e. The van der Waals surface area contributed by atoms with E-state index in [9.17, 15) is 9.59 Å². The van der Waals surface area contributed by atoms with Crippen molar-refractivity contribution in [1.29, 1.82) is 0 Å². The zero-order valence-electron chi connectivity index (χ0n) is 17.9. The first-order valence-corrected chi connectivity index (χ1v) is 10.2. The molecule has 0 fully saturated rings. The number of carbonyl (C=O) groups is 2. The Morgan fingerprint density at radius 2 is 1.55 bits per heavy atom. The number of ether oxygens (including phenoxy) is 1. The molecule has 0 aliphatic heterocycles. The summed E-state index contributed by atoms with van der Waals surface area (Å²) in [5.41, 5.74) is 3.38. The molecule has 0 saturated heterocycles. The van der Waals surface area contributed by atoms with Crippen LogP contribution in [0.2, 0.25) is 0 Å². The molecule has 2 amide bonds. The van der Waals surface area contributed by atoms with Gasteiger partial charge in [-0.1, -0.05) is 50.2 Å². The van der Waals surface area contributed by atoms with Gasteiger partial charge in [0.15, 0.2) is 0 Å². The van der Waals surface area contributed by atoms with Gasteiger partial charge in [0.05, 0.1) is 7.11 Å². The summed E-state index contributed by atoms with van der Waals surface area (Å²) in [6.07, 6.45) is 2.59. The molecule has 29 heavy (non-hydrogen) atoms. The average Bonchev–Trinajstić information content (AvgIpc) is 2.77. The molecule has 2 rings (SSSR count). The third-order valence-corrected chi connectivity index (χ3v) is 5.20. The van der Waals surface area contributed by atoms with Crippen LogP contribution < -0.4 is 10.1 Å². The summed E-state index contributed by atoms with van der Waals surface area (Å²) in [4.78, 5) is 27.2. The molecule has 2 aromatic carbocycles. The molecule has 1 N–H and O–H groups in total. The van der Waals surface area contributed by atoms with Crippen molar-refractivity contribution in [2.24, 2.45) is 0 Å². The summed E-state index contributed by atoms with van der Waals surface area (Å²) in [5, 5.41) is 2.69. The Morgan fingerprint density at radius 3 is 2.07 bits per heavy atom. The second-order valence-corrected chi connectivity index (χ2v) is 7.08. The van der Waals surface area contributed by atoms with Crippen LogP contribution in [0.15, 0.2) is 48.5 Å². The SMILES string of the molecule is CCc1ccc(CCC(=O)N(Cc2ccc(OC)cc2)C(CC)C(=O)NC)cc1. The van der Waals surface area contributed by atoms with Crippen molar-refractivity contribution in [3.63, 3.8) is 0 Å². The standard InChI is InChI=1S/C24H32N2O3/c1-5-18-7-9-19(10-8-18)13-16-23(27)26(22(6-2)24(28)25-3)17-20-11-14-21(29-4)15-12-20/h7-12,14-15,22H,5-6,13,16-17H2,1-4H3,(H,25,28). The molecule has 1 atom stereocenters. The lowest BCUT2D eigenvalue weighted by Crippen LogP contribution is -2.48. The molecule has 0 spiro atoms. The highest BCUT2D eigenvalue weighted by atomic mass is 16.5. The highest BCUT2D eigenvalue weighted by Gasteiger charge is 2.27. The minimum Gasteiger partial charge on any atom is -0.497 e. The summed E-state index contributed by atoms with van der Waals surface area (Å²) >= 11 is 0. The van der Waals surface area contributed by atoms with E-state index in [2.05, 4.69) is 36.5 Å². The topological polar surface area (TPSA) is 58.6 Å². The Hall–Kier alpha value is -2.82. The lowest BCUT2D eigenvalue weighted by molar-refractivity contribution is -0.141. The zero-order valence-corrected chi connectivity index (χ0v) is 17.9. The number of likely N-dealkylation sites (N-methyl/N-ethyl adjacent to an activating group) is 1. The van der Waals surface area contributed by atoms with E-state index in [1.807, 2.05) is 31.2 Å². The van der Waals surface area contributed by atoms with Gasteiger partial charge < -0.3 is 15.0 Å². The van der Waals surface area contributed by atoms with Crippen molar-refractivity contribution in [1.82, 2.24) is 10.2 Å². The summed E-state index contributed by atoms with van der Waals surface area (Å²) < 4.78 is 5.21. The van der Waals surface area contributed by atoms with E-state index in [4.69, 9.17) is 4.74 Å². The number of benzene rings is 2. The molecule has 0 bridgehead atoms. The summed E-state index contributed by atoms with van der Waals surface area (Å²) in [5.74, 6) is 0.609. The Morgan fingerprint density at radius 1 is 0.966 bits per heavy atom. The van der Waals surface area contributed by atoms with Gasteiger partial charge in [-0.2, -0.15) is 0 Å². The molecule has 5 heteroatoms. The molecule has 156 valence electrons. The van der Waals surface area contributed by atoms with E-state index >= 15 is 0 Å². The van der Waals surface area contributed by atoms with Gasteiger partial charge in [-0.15, -0.1) is 0 Å². The lowest BCUT2D eigenvalue weighted by atomic mass is 10.0. The molecule has 1 unspecified atom stereocenters. The fraction of sp³-hybridized carbons (Fsp3) is 0.417. The van der Waals surface area contributed by atoms with Crippen LogP contribution >= 0.6 is 0 Å². The van der Waals surface area contributed by atoms with Gasteiger partial charge in [0.2, 0.25) is 11.8 Å². The Balaban J connectivity index is 2.15. The Labute approximate surface area is 174 Å². The van der Waals surface area contributed by atoms with Crippen LogP contribution in [0, 0.1) is 0 Å². The van der Waals surface area contributed by atoms with Crippen molar-refractivity contribution in [2.75, 3.05) is 14.2 Å². The number of aryl methyl sites for hydroxylation is 2. The first-order chi connectivity index (χ1) is 14.0. The van der Waals surface area contributed by atoms with E-state index in [0.29, 0.717) is 25.8 Å². The summed E-state index contributed by atoms with van der Waals surface area (Å²) in [6.45, 7) is 4.44. The van der Waals surface area contributed by atoms with Crippen molar-refractivity contribution in [3.05, 3.63) is 65.2 Å². The molecule has 0 saturated carbocycles. The van der Waals surface area contributed by atoms with E-state index in [-0.39, 0.29) is 11.8 Å². The van der Waals surface area contributed by atoms with Gasteiger partial charge in [0, 0.05) is 20.0 Å². The van der Waals surface area contributed by atoms with Crippen LogP contribution in [-0.2, 0) is 29.0 Å². The predicted molar refractivity (Wildman–Crippen MR) is 116 cm³/mol. The second-order valence-electron chi connectivity index (χ2n) is 7.08. The molecular formula is C24H32N2O3. The summed E-state index contributed by atoms with van der Waals surface area (Å²) in [7, 11) is 3.23. The highest BCUT2D eigenvalue weighted by Crippen LogP contribution is 2.18. The average molecular weight is 397 g/mol. The molecular weight excluding hydrogens is 364 g/mol. The first kappa shape index (κ1) is 22.5. The van der Waals surface area contributed by atoms with E-state index in [0.717, 1.165) is 23.3 Å². The first-order valence-electron chi connectivity index (χ1n) is 10.2. The quantitative estimate of drug-likeness (QED) is 0.665. The minimum atomic E-state index is -0.489. The van der Waals surface area contributed by atoms with E-state index in [1.54, 1.807) is 19.1 Å². The third kappa shape index (κ3) is 6.34. The molecule has 0 aliphatic carbocycles. The molecule has 0 radical (unpaired) electrons. The van der Waals surface area contributed by atoms with Crippen LogP contribution in [0.1, 0.15) is 43.4 Å². The van der Waals surface area contributed by atoms with E-state index < -0.39 is 6.04 Å². The van der Waals surface area contributed by atoms with Crippen molar-refractivity contribution in [3.8, 4) is 5.75 Å². The van der Waals surface area contributed by atoms with Crippen LogP contribution in [0.5, 0.6) is 5.75 Å². The van der Waals surface area contributed by atoms with Crippen LogP contribution in [0.3, 0.4) is 0 Å². The van der Waals surface area contributed by atoms with Gasteiger partial charge in [0.25, 0.3) is 0 Å². The third-order valence-electron chi connectivity index (χ3n) is 5.20. The van der Waals surface area contributed by atoms with Crippen LogP contribution in [-0.4, -0.2) is 36.9 Å². The number of amides is 2. The zero-order chi connectivity index (χ0) is 21.2. The number of rotatable bonds is 10. The van der Waals surface area contributed by atoms with Crippen molar-refractivity contribution < 1.29 is 14.3 Å². The van der Waals surface area contributed by atoms with Gasteiger partial charge in [0.1, 0.15) is 11.8 Å². The molecule has 0 aliphatic rings. The van der Waals surface area contributed by atoms with Gasteiger partial charge in [-0.25, -0.2) is 0 Å². The number of carbonyl (C=O) groups excluding carboxylic acids is 2. The largest absolute Gasteiger partial charge is 0.497 e. The number of nitrogens with one attached hydrogen (secondary N) is 1. The van der Waals surface area contributed by atoms with Crippen molar-refractivity contribution >= 4 is 11.8 Å². The fourth-order valence-corrected chi connectivity index (χ4v) is 3.35. The molecule has 0 heterocycles. The van der Waals surface area contributed by atoms with Crippen LogP contribution in [0.25, 0.3) is 0 Å². The van der Waals surface area contributed by atoms with Gasteiger partial charge in [-0.3, -0.25) is 9.59 Å². The maximum atomic E-state index is 13.1. The maximum absolute atomic E-state index is 13.1. The lowest BCUT2D eigenvalue weighted by Gasteiger charge is -2.30. The number of hydrogen-bond donors (Lipinski definition) is 1. The van der Waals surface area contributed by atoms with Gasteiger partial charge >= 0.3 is 0 Å². The molecule has 2 aromatic rings. The predicted octanol–water partition coefficient (Wildman–Crippen LogP) is 3.74. The molecule has 0 aromatic heterocycles. The second kappa shape index (κ2) is 11.2. The van der Waals surface area contributed by atoms with E-state index in [1.165, 1.54) is 5.56 Å². The summed E-state index contributed by atoms with van der Waals surface area (Å²) in [6, 6.07) is 15.5. The smallest absolute Gasteiger partial charge is 0.242 e. The monoisotopic (exact) mass is 396 g/mol. The number of methoxy groups -OCH3 is 1. The van der Waals surface area contributed by atoms with Crippen molar-refractivity contribution in [2.45, 2.75) is 52.1 Å². The Kier molecular flexibility index (Phi) is 8.71. The minimum absolute atomic E-state index is 0.0177. The normalized spacial score (nSPS) is 11.6. The Bertz CT molecular complexity index is 785. The van der Waals surface area contributed by atoms with Gasteiger partial charge in [-0.05, 0) is 48.1 Å². The fourth-order valence-electron chi connectivity index (χ4n) is 3.35. The van der Waals surface area contributed by atoms with Crippen LogP contribution in [0.4, 0.5) is 0 Å². The number of hydrogen-bond acceptors (Lipinski definition) is 3. The number of nitrogens with zero attached hydrogens (tertiary/aromatic N) is 1.